The summed E-state index contributed by atoms with van der Waals surface area (Å²) in [5.74, 6) is 0.547. The lowest BCUT2D eigenvalue weighted by molar-refractivity contribution is 0.235. The van der Waals surface area contributed by atoms with Gasteiger partial charge in [0.25, 0.3) is 0 Å². The van der Waals surface area contributed by atoms with E-state index < -0.39 is 0 Å². The van der Waals surface area contributed by atoms with Crippen LogP contribution >= 0.6 is 0 Å². The molecular weight excluding hydrogens is 180 g/mol. The molecule has 0 bridgehead atoms. The molecule has 0 N–H and O–H groups in total. The van der Waals surface area contributed by atoms with Crippen LogP contribution in [0.3, 0.4) is 0 Å². The Morgan fingerprint density at radius 2 is 2.07 bits per heavy atom. The van der Waals surface area contributed by atoms with Gasteiger partial charge in [-0.3, -0.25) is 0 Å². The smallest absolute Gasteiger partial charge is 0.245 e. The summed E-state index contributed by atoms with van der Waals surface area (Å²) in [6.45, 7) is 3.91. The third-order valence-corrected chi connectivity index (χ3v) is 1.81. The first-order valence-electron chi connectivity index (χ1n) is 4.47. The molecule has 2 rings (SSSR count). The molecule has 14 heavy (non-hydrogen) atoms. The van der Waals surface area contributed by atoms with Crippen LogP contribution < -0.4 is 4.74 Å². The first-order chi connectivity index (χ1) is 6.68. The van der Waals surface area contributed by atoms with Gasteiger partial charge < -0.3 is 9.30 Å². The summed E-state index contributed by atoms with van der Waals surface area (Å²) < 4.78 is 7.35. The molecule has 5 heteroatoms. The summed E-state index contributed by atoms with van der Waals surface area (Å²) in [6.07, 6.45) is 3.28. The van der Waals surface area contributed by atoms with Crippen LogP contribution in [0, 0.1) is 0 Å². The van der Waals surface area contributed by atoms with Gasteiger partial charge in [-0.2, -0.15) is 4.98 Å². The average molecular weight is 192 g/mol. The van der Waals surface area contributed by atoms with E-state index in [2.05, 4.69) is 15.0 Å². The van der Waals surface area contributed by atoms with Crippen molar-refractivity contribution in [2.75, 3.05) is 0 Å². The molecule has 0 aliphatic rings. The van der Waals surface area contributed by atoms with E-state index in [-0.39, 0.29) is 6.10 Å². The maximum absolute atomic E-state index is 5.51. The first kappa shape index (κ1) is 8.93. The summed E-state index contributed by atoms with van der Waals surface area (Å²) >= 11 is 0. The Bertz CT molecular complexity index is 449. The van der Waals surface area contributed by atoms with E-state index in [0.717, 1.165) is 5.65 Å². The zero-order chi connectivity index (χ0) is 10.1. The predicted octanol–water partition coefficient (Wildman–Crippen LogP) is 1.15. The standard InChI is InChI=1S/C9H12N4O/c1-6(2)14-9-7-8(10-4-11-9)13(3)5-12-7/h4-6H,1-3H3. The second-order valence-corrected chi connectivity index (χ2v) is 3.37. The molecule has 0 aliphatic heterocycles. The molecule has 0 aliphatic carbocycles. The van der Waals surface area contributed by atoms with Crippen LogP contribution in [0.1, 0.15) is 13.8 Å². The highest BCUT2D eigenvalue weighted by Crippen LogP contribution is 2.19. The topological polar surface area (TPSA) is 52.8 Å². The van der Waals surface area contributed by atoms with E-state index in [4.69, 9.17) is 4.74 Å². The number of aromatic nitrogens is 4. The Labute approximate surface area is 81.8 Å². The maximum atomic E-state index is 5.51. The van der Waals surface area contributed by atoms with Gasteiger partial charge in [0.15, 0.2) is 11.2 Å². The highest BCUT2D eigenvalue weighted by molar-refractivity contribution is 5.75. The van der Waals surface area contributed by atoms with Crippen LogP contribution in [0.4, 0.5) is 0 Å². The predicted molar refractivity (Wildman–Crippen MR) is 52.1 cm³/mol. The Morgan fingerprint density at radius 1 is 1.29 bits per heavy atom. The molecule has 0 fully saturated rings. The van der Waals surface area contributed by atoms with Gasteiger partial charge >= 0.3 is 0 Å². The second-order valence-electron chi connectivity index (χ2n) is 3.37. The van der Waals surface area contributed by atoms with Gasteiger partial charge in [0.05, 0.1) is 12.4 Å². The molecule has 0 aromatic carbocycles. The van der Waals surface area contributed by atoms with Crippen molar-refractivity contribution >= 4 is 11.2 Å². The fourth-order valence-electron chi connectivity index (χ4n) is 1.23. The van der Waals surface area contributed by atoms with Crippen LogP contribution in [-0.2, 0) is 7.05 Å². The molecule has 2 aromatic rings. The molecule has 0 saturated heterocycles. The number of rotatable bonds is 2. The van der Waals surface area contributed by atoms with Gasteiger partial charge in [-0.25, -0.2) is 9.97 Å². The zero-order valence-electron chi connectivity index (χ0n) is 8.43. The second kappa shape index (κ2) is 3.25. The third kappa shape index (κ3) is 1.41. The number of imidazole rings is 1. The zero-order valence-corrected chi connectivity index (χ0v) is 8.43. The molecule has 0 spiro atoms. The minimum absolute atomic E-state index is 0.0927. The van der Waals surface area contributed by atoms with Crippen molar-refractivity contribution in [3.05, 3.63) is 12.7 Å². The van der Waals surface area contributed by atoms with E-state index in [1.807, 2.05) is 25.5 Å². The molecule has 0 atom stereocenters. The number of fused-ring (bicyclic) bond motifs is 1. The van der Waals surface area contributed by atoms with Crippen molar-refractivity contribution in [1.82, 2.24) is 19.5 Å². The lowest BCUT2D eigenvalue weighted by Crippen LogP contribution is -2.07. The Balaban J connectivity index is 2.54. The Morgan fingerprint density at radius 3 is 2.79 bits per heavy atom. The molecule has 0 saturated carbocycles. The monoisotopic (exact) mass is 192 g/mol. The van der Waals surface area contributed by atoms with Crippen LogP contribution in [0.15, 0.2) is 12.7 Å². The minimum Gasteiger partial charge on any atom is -0.473 e. The van der Waals surface area contributed by atoms with Gasteiger partial charge in [-0.15, -0.1) is 0 Å². The molecule has 0 unspecified atom stereocenters. The number of hydrogen-bond donors (Lipinski definition) is 0. The molecular formula is C9H12N4O. The normalized spacial score (nSPS) is 11.1. The van der Waals surface area contributed by atoms with Crippen molar-refractivity contribution < 1.29 is 4.74 Å². The van der Waals surface area contributed by atoms with Crippen LogP contribution in [-0.4, -0.2) is 25.6 Å². The molecule has 2 heterocycles. The molecule has 74 valence electrons. The van der Waals surface area contributed by atoms with Crippen molar-refractivity contribution in [2.24, 2.45) is 7.05 Å². The van der Waals surface area contributed by atoms with Crippen molar-refractivity contribution in [3.8, 4) is 5.88 Å². The summed E-state index contributed by atoms with van der Waals surface area (Å²) in [6, 6.07) is 0. The van der Waals surface area contributed by atoms with Crippen LogP contribution in [0.2, 0.25) is 0 Å². The van der Waals surface area contributed by atoms with Gasteiger partial charge in [-0.05, 0) is 13.8 Å². The Hall–Kier alpha value is -1.65. The minimum atomic E-state index is 0.0927. The quantitative estimate of drug-likeness (QED) is 0.716. The lowest BCUT2D eigenvalue weighted by atomic mass is 10.4. The van der Waals surface area contributed by atoms with Gasteiger partial charge in [-0.1, -0.05) is 0 Å². The molecule has 5 nitrogen and oxygen atoms in total. The highest BCUT2D eigenvalue weighted by Gasteiger charge is 2.09. The van der Waals surface area contributed by atoms with Gasteiger partial charge in [0.1, 0.15) is 6.33 Å². The summed E-state index contributed by atoms with van der Waals surface area (Å²) in [7, 11) is 1.89. The van der Waals surface area contributed by atoms with Crippen molar-refractivity contribution in [2.45, 2.75) is 20.0 Å². The summed E-state index contributed by atoms with van der Waals surface area (Å²) in [5, 5.41) is 0. The SMILES string of the molecule is CC(C)Oc1ncnc2c1ncn2C. The van der Waals surface area contributed by atoms with Gasteiger partial charge in [0, 0.05) is 7.05 Å². The molecule has 2 aromatic heterocycles. The summed E-state index contributed by atoms with van der Waals surface area (Å²) in [5.41, 5.74) is 1.50. The van der Waals surface area contributed by atoms with E-state index in [9.17, 15) is 0 Å². The van der Waals surface area contributed by atoms with Crippen LogP contribution in [0.5, 0.6) is 5.88 Å². The van der Waals surface area contributed by atoms with Crippen molar-refractivity contribution in [3.63, 3.8) is 0 Å². The maximum Gasteiger partial charge on any atom is 0.245 e. The molecule has 0 amide bonds. The van der Waals surface area contributed by atoms with E-state index in [1.54, 1.807) is 6.33 Å². The number of ether oxygens (including phenoxy) is 1. The lowest BCUT2D eigenvalue weighted by Gasteiger charge is -2.07. The highest BCUT2D eigenvalue weighted by atomic mass is 16.5. The third-order valence-electron chi connectivity index (χ3n) is 1.81. The number of nitrogens with zero attached hydrogens (tertiary/aromatic N) is 4. The molecule has 0 radical (unpaired) electrons. The van der Waals surface area contributed by atoms with E-state index in [0.29, 0.717) is 11.4 Å². The number of hydrogen-bond acceptors (Lipinski definition) is 4. The van der Waals surface area contributed by atoms with E-state index in [1.165, 1.54) is 6.33 Å². The van der Waals surface area contributed by atoms with Crippen LogP contribution in [0.25, 0.3) is 11.2 Å². The number of aryl methyl sites for hydroxylation is 1. The van der Waals surface area contributed by atoms with E-state index >= 15 is 0 Å². The fourth-order valence-corrected chi connectivity index (χ4v) is 1.23. The largest absolute Gasteiger partial charge is 0.473 e. The average Bonchev–Trinajstić information content (AvgIpc) is 2.49. The van der Waals surface area contributed by atoms with Gasteiger partial charge in [0.2, 0.25) is 5.88 Å². The first-order valence-corrected chi connectivity index (χ1v) is 4.47. The summed E-state index contributed by atoms with van der Waals surface area (Å²) in [4.78, 5) is 12.4. The Kier molecular flexibility index (Phi) is 2.07. The van der Waals surface area contributed by atoms with Crippen molar-refractivity contribution in [1.29, 1.82) is 0 Å². The fraction of sp³-hybridized carbons (Fsp3) is 0.444.